The second-order valence-electron chi connectivity index (χ2n) is 4.05. The number of ether oxygens (including phenoxy) is 2. The van der Waals surface area contributed by atoms with Crippen molar-refractivity contribution in [1.29, 1.82) is 0 Å². The highest BCUT2D eigenvalue weighted by Gasteiger charge is 2.05. The molecule has 0 aliphatic rings. The summed E-state index contributed by atoms with van der Waals surface area (Å²) in [6, 6.07) is 5.85. The van der Waals surface area contributed by atoms with Gasteiger partial charge in [0.2, 0.25) is 0 Å². The van der Waals surface area contributed by atoms with Gasteiger partial charge < -0.3 is 14.8 Å². The number of hydrogen-bond acceptors (Lipinski definition) is 7. The minimum absolute atomic E-state index is 0.558. The third-order valence-electron chi connectivity index (χ3n) is 2.52. The number of aromatic nitrogens is 3. The van der Waals surface area contributed by atoms with Gasteiger partial charge in [0.15, 0.2) is 0 Å². The molecular formula is C13H18N4O2S. The largest absolute Gasteiger partial charge is 0.469 e. The second-order valence-corrected chi connectivity index (χ2v) is 5.08. The van der Waals surface area contributed by atoms with Gasteiger partial charge in [-0.15, -0.1) is 10.2 Å². The third kappa shape index (κ3) is 5.20. The third-order valence-corrected chi connectivity index (χ3v) is 3.35. The van der Waals surface area contributed by atoms with Crippen LogP contribution in [0.3, 0.4) is 0 Å². The highest BCUT2D eigenvalue weighted by molar-refractivity contribution is 7.13. The predicted octanol–water partition coefficient (Wildman–Crippen LogP) is 1.29. The Labute approximate surface area is 122 Å². The Balaban J connectivity index is 1.67. The number of nitrogens with one attached hydrogen (secondary N) is 1. The molecule has 2 heterocycles. The van der Waals surface area contributed by atoms with Crippen molar-refractivity contribution < 1.29 is 9.47 Å². The highest BCUT2D eigenvalue weighted by atomic mass is 32.1. The van der Waals surface area contributed by atoms with Gasteiger partial charge in [0.1, 0.15) is 5.01 Å². The Morgan fingerprint density at radius 1 is 1.25 bits per heavy atom. The first-order chi connectivity index (χ1) is 9.88. The van der Waals surface area contributed by atoms with Gasteiger partial charge >= 0.3 is 0 Å². The molecule has 0 saturated heterocycles. The molecular weight excluding hydrogens is 276 g/mol. The Hall–Kier alpha value is -1.57. The van der Waals surface area contributed by atoms with Crippen molar-refractivity contribution >= 4 is 11.3 Å². The van der Waals surface area contributed by atoms with Crippen LogP contribution >= 0.6 is 11.3 Å². The molecule has 6 nitrogen and oxygen atoms in total. The van der Waals surface area contributed by atoms with Crippen molar-refractivity contribution in [2.24, 2.45) is 0 Å². The van der Waals surface area contributed by atoms with Crippen LogP contribution in [0.2, 0.25) is 0 Å². The molecule has 2 rings (SSSR count). The van der Waals surface area contributed by atoms with Gasteiger partial charge in [-0.25, -0.2) is 0 Å². The number of methoxy groups -OCH3 is 1. The molecule has 0 aliphatic carbocycles. The van der Waals surface area contributed by atoms with Gasteiger partial charge in [0.05, 0.1) is 13.2 Å². The van der Waals surface area contributed by atoms with Crippen molar-refractivity contribution in [3.63, 3.8) is 0 Å². The molecule has 20 heavy (non-hydrogen) atoms. The Morgan fingerprint density at radius 3 is 3.00 bits per heavy atom. The quantitative estimate of drug-likeness (QED) is 0.703. The molecule has 2 aromatic rings. The summed E-state index contributed by atoms with van der Waals surface area (Å²) in [7, 11) is 1.68. The molecule has 1 N–H and O–H groups in total. The average molecular weight is 294 g/mol. The van der Waals surface area contributed by atoms with E-state index in [1.54, 1.807) is 13.3 Å². The molecule has 0 fully saturated rings. The van der Waals surface area contributed by atoms with Gasteiger partial charge in [0.25, 0.3) is 5.19 Å². The van der Waals surface area contributed by atoms with Crippen molar-refractivity contribution in [2.45, 2.75) is 13.0 Å². The molecule has 0 aromatic carbocycles. The predicted molar refractivity (Wildman–Crippen MR) is 76.9 cm³/mol. The maximum atomic E-state index is 5.57. The summed E-state index contributed by atoms with van der Waals surface area (Å²) in [6.45, 7) is 2.73. The molecule has 7 heteroatoms. The fourth-order valence-electron chi connectivity index (χ4n) is 1.53. The number of nitrogens with zero attached hydrogens (tertiary/aromatic N) is 3. The maximum absolute atomic E-state index is 5.57. The van der Waals surface area contributed by atoms with E-state index >= 15 is 0 Å². The van der Waals surface area contributed by atoms with E-state index in [1.165, 1.54) is 11.3 Å². The molecule has 0 amide bonds. The van der Waals surface area contributed by atoms with Crippen LogP contribution in [0.5, 0.6) is 5.19 Å². The summed E-state index contributed by atoms with van der Waals surface area (Å²) in [5.41, 5.74) is 1.01. The molecule has 0 spiro atoms. The first-order valence-corrected chi connectivity index (χ1v) is 7.25. The normalized spacial score (nSPS) is 10.7. The lowest BCUT2D eigenvalue weighted by Gasteiger charge is -2.01. The summed E-state index contributed by atoms with van der Waals surface area (Å²) in [5.74, 6) is 0. The van der Waals surface area contributed by atoms with Gasteiger partial charge in [-0.3, -0.25) is 4.98 Å². The summed E-state index contributed by atoms with van der Waals surface area (Å²) in [5, 5.41) is 12.8. The van der Waals surface area contributed by atoms with Crippen molar-refractivity contribution in [2.75, 3.05) is 26.9 Å². The topological polar surface area (TPSA) is 69.2 Å². The van der Waals surface area contributed by atoms with E-state index in [0.717, 1.165) is 23.7 Å². The fraction of sp³-hybridized carbons (Fsp3) is 0.462. The summed E-state index contributed by atoms with van der Waals surface area (Å²) in [6.07, 6.45) is 2.55. The SMILES string of the molecule is COCCNCc1nnc(OCCc2ccccn2)s1. The molecule has 0 aliphatic heterocycles. The van der Waals surface area contributed by atoms with Crippen LogP contribution < -0.4 is 10.1 Å². The molecule has 0 radical (unpaired) electrons. The van der Waals surface area contributed by atoms with Gasteiger partial charge in [-0.05, 0) is 12.1 Å². The Morgan fingerprint density at radius 2 is 2.20 bits per heavy atom. The monoisotopic (exact) mass is 294 g/mol. The number of rotatable bonds is 9. The smallest absolute Gasteiger partial charge is 0.294 e. The number of pyridine rings is 1. The minimum Gasteiger partial charge on any atom is -0.469 e. The van der Waals surface area contributed by atoms with Crippen LogP contribution in [0.25, 0.3) is 0 Å². The summed E-state index contributed by atoms with van der Waals surface area (Å²) in [4.78, 5) is 4.24. The standard InChI is InChI=1S/C13H18N4O2S/c1-18-9-7-14-10-12-16-17-13(20-12)19-8-5-11-4-2-3-6-15-11/h2-4,6,14H,5,7-10H2,1H3. The second kappa shape index (κ2) is 8.57. The molecule has 2 aromatic heterocycles. The van der Waals surface area contributed by atoms with Crippen molar-refractivity contribution in [3.8, 4) is 5.19 Å². The lowest BCUT2D eigenvalue weighted by molar-refractivity contribution is 0.199. The van der Waals surface area contributed by atoms with E-state index in [9.17, 15) is 0 Å². The summed E-state index contributed by atoms with van der Waals surface area (Å²) >= 11 is 1.46. The van der Waals surface area contributed by atoms with Crippen LogP contribution in [0.4, 0.5) is 0 Å². The van der Waals surface area contributed by atoms with Crippen LogP contribution in [-0.2, 0) is 17.7 Å². The maximum Gasteiger partial charge on any atom is 0.294 e. The Bertz CT molecular complexity index is 492. The van der Waals surface area contributed by atoms with E-state index < -0.39 is 0 Å². The van der Waals surface area contributed by atoms with Gasteiger partial charge in [0, 0.05) is 38.5 Å². The van der Waals surface area contributed by atoms with Crippen LogP contribution in [0, 0.1) is 0 Å². The molecule has 0 atom stereocenters. The summed E-state index contributed by atoms with van der Waals surface area (Å²) < 4.78 is 10.5. The fourth-order valence-corrected chi connectivity index (χ4v) is 2.21. The van der Waals surface area contributed by atoms with E-state index in [4.69, 9.17) is 9.47 Å². The zero-order chi connectivity index (χ0) is 14.0. The Kier molecular flexibility index (Phi) is 6.36. The zero-order valence-corrected chi connectivity index (χ0v) is 12.2. The van der Waals surface area contributed by atoms with Gasteiger partial charge in [-0.2, -0.15) is 0 Å². The first-order valence-electron chi connectivity index (χ1n) is 6.43. The minimum atomic E-state index is 0.558. The van der Waals surface area contributed by atoms with E-state index in [2.05, 4.69) is 20.5 Å². The lowest BCUT2D eigenvalue weighted by Crippen LogP contribution is -2.18. The lowest BCUT2D eigenvalue weighted by atomic mass is 10.3. The van der Waals surface area contributed by atoms with Crippen LogP contribution in [-0.4, -0.2) is 42.0 Å². The van der Waals surface area contributed by atoms with Crippen LogP contribution in [0.15, 0.2) is 24.4 Å². The molecule has 0 saturated carbocycles. The average Bonchev–Trinajstić information content (AvgIpc) is 2.93. The number of hydrogen-bond donors (Lipinski definition) is 1. The van der Waals surface area contributed by atoms with E-state index in [-0.39, 0.29) is 0 Å². The highest BCUT2D eigenvalue weighted by Crippen LogP contribution is 2.17. The zero-order valence-electron chi connectivity index (χ0n) is 11.4. The van der Waals surface area contributed by atoms with Gasteiger partial charge in [-0.1, -0.05) is 17.4 Å². The molecule has 0 unspecified atom stereocenters. The van der Waals surface area contributed by atoms with E-state index in [1.807, 2.05) is 18.2 Å². The molecule has 108 valence electrons. The first kappa shape index (κ1) is 14.8. The van der Waals surface area contributed by atoms with E-state index in [0.29, 0.717) is 25.0 Å². The van der Waals surface area contributed by atoms with Crippen LogP contribution in [0.1, 0.15) is 10.7 Å². The molecule has 0 bridgehead atoms. The van der Waals surface area contributed by atoms with Crippen molar-refractivity contribution in [1.82, 2.24) is 20.5 Å². The van der Waals surface area contributed by atoms with Crippen molar-refractivity contribution in [3.05, 3.63) is 35.1 Å².